The number of hydrogen-bond donors (Lipinski definition) is 1. The van der Waals surface area contributed by atoms with Gasteiger partial charge in [0.2, 0.25) is 0 Å². The topological polar surface area (TPSA) is 106 Å². The number of fused-ring (bicyclic) bond motifs is 2. The molecule has 9 nitrogen and oxygen atoms in total. The number of halogens is 2. The Morgan fingerprint density at radius 1 is 1.07 bits per heavy atom. The number of amides is 1. The summed E-state index contributed by atoms with van der Waals surface area (Å²) >= 11 is 6.61. The number of nitriles is 1. The van der Waals surface area contributed by atoms with Crippen molar-refractivity contribution >= 4 is 45.2 Å². The number of nitrogens with zero attached hydrogens (tertiary/aromatic N) is 6. The van der Waals surface area contributed by atoms with Crippen molar-refractivity contribution in [1.82, 2.24) is 19.8 Å². The maximum atomic E-state index is 16.7. The Kier molecular flexibility index (Phi) is 7.84. The van der Waals surface area contributed by atoms with Crippen LogP contribution in [0, 0.1) is 22.6 Å². The summed E-state index contributed by atoms with van der Waals surface area (Å²) in [5, 5.41) is 21.8. The van der Waals surface area contributed by atoms with Crippen molar-refractivity contribution in [2.45, 2.75) is 38.1 Å². The average molecular weight is 629 g/mol. The van der Waals surface area contributed by atoms with Gasteiger partial charge in [0, 0.05) is 53.0 Å². The zero-order valence-electron chi connectivity index (χ0n) is 24.9. The molecule has 2 aliphatic heterocycles. The summed E-state index contributed by atoms with van der Waals surface area (Å²) < 4.78 is 23.0. The Morgan fingerprint density at radius 2 is 1.84 bits per heavy atom. The van der Waals surface area contributed by atoms with Gasteiger partial charge < -0.3 is 24.5 Å². The Morgan fingerprint density at radius 3 is 2.58 bits per heavy atom. The van der Waals surface area contributed by atoms with Crippen LogP contribution in [0.2, 0.25) is 5.02 Å². The molecule has 7 rings (SSSR count). The van der Waals surface area contributed by atoms with Crippen LogP contribution in [0.3, 0.4) is 0 Å². The molecule has 0 unspecified atom stereocenters. The molecule has 45 heavy (non-hydrogen) atoms. The zero-order valence-corrected chi connectivity index (χ0v) is 25.6. The molecule has 1 saturated carbocycles. The maximum Gasteiger partial charge on any atom is 0.407 e. The fraction of sp³-hybridized carbons (Fsp3) is 0.412. The van der Waals surface area contributed by atoms with Crippen LogP contribution in [0.15, 0.2) is 48.5 Å². The minimum Gasteiger partial charge on any atom is -0.465 e. The number of hydrogen-bond acceptors (Lipinski definition) is 7. The number of carbonyl (C=O) groups is 1. The molecular formula is C34H34ClFN6O3. The highest BCUT2D eigenvalue weighted by atomic mass is 35.5. The summed E-state index contributed by atoms with van der Waals surface area (Å²) in [6.45, 7) is 4.40. The first-order valence-corrected chi connectivity index (χ1v) is 15.9. The molecule has 3 fully saturated rings. The van der Waals surface area contributed by atoms with E-state index >= 15 is 4.39 Å². The number of carboxylic acid groups (broad SMARTS) is 1. The quantitative estimate of drug-likeness (QED) is 0.233. The van der Waals surface area contributed by atoms with E-state index in [-0.39, 0.29) is 36.5 Å². The van der Waals surface area contributed by atoms with Gasteiger partial charge in [-0.1, -0.05) is 48.0 Å². The van der Waals surface area contributed by atoms with Crippen molar-refractivity contribution in [1.29, 1.82) is 5.26 Å². The van der Waals surface area contributed by atoms with Gasteiger partial charge in [-0.15, -0.1) is 0 Å². The van der Waals surface area contributed by atoms with Crippen LogP contribution >= 0.6 is 11.6 Å². The number of anilines is 1. The van der Waals surface area contributed by atoms with Gasteiger partial charge in [0.1, 0.15) is 11.3 Å². The van der Waals surface area contributed by atoms with Crippen molar-refractivity contribution in [2.24, 2.45) is 5.41 Å². The van der Waals surface area contributed by atoms with Gasteiger partial charge >= 0.3 is 12.1 Å². The summed E-state index contributed by atoms with van der Waals surface area (Å²) in [5.41, 5.74) is 1.20. The Hall–Kier alpha value is -4.20. The number of piperazine rings is 1. The first kappa shape index (κ1) is 29.5. The first-order chi connectivity index (χ1) is 21.9. The lowest BCUT2D eigenvalue weighted by Gasteiger charge is -2.40. The van der Waals surface area contributed by atoms with Crippen LogP contribution < -0.4 is 9.64 Å². The molecule has 3 aromatic carbocycles. The van der Waals surface area contributed by atoms with E-state index in [1.165, 1.54) is 17.7 Å². The summed E-state index contributed by atoms with van der Waals surface area (Å²) in [4.78, 5) is 27.0. The zero-order chi connectivity index (χ0) is 31.1. The highest BCUT2D eigenvalue weighted by Crippen LogP contribution is 2.47. The SMILES string of the molecule is N#CC[C@H]1CN(c2nc(OCC3(CN4CCCC4)CC3)nc3c(F)c(-c4cccc5cccc(Cl)c45)ccc23)CCN1C(=O)O. The Labute approximate surface area is 265 Å². The van der Waals surface area contributed by atoms with E-state index in [0.29, 0.717) is 40.5 Å². The third-order valence-electron chi connectivity index (χ3n) is 9.49. The second kappa shape index (κ2) is 12.0. The molecule has 2 saturated heterocycles. The van der Waals surface area contributed by atoms with Crippen LogP contribution in [0.5, 0.6) is 6.01 Å². The first-order valence-electron chi connectivity index (χ1n) is 15.5. The molecule has 1 aromatic heterocycles. The fourth-order valence-corrected chi connectivity index (χ4v) is 7.18. The number of rotatable bonds is 8. The standard InChI is InChI=1S/C34H34ClFN6O3/c35-27-8-4-6-22-5-3-7-24(28(22)27)25-9-10-26-30(29(25)36)38-32(45-21-34(12-13-34)20-40-15-1-2-16-40)39-31(26)41-17-18-42(33(43)44)23(19-41)11-14-37/h3-10,23H,1-2,11-13,15-21H2,(H,43,44)/t23-/m0/s1. The minimum atomic E-state index is -1.07. The molecule has 1 aliphatic carbocycles. The van der Waals surface area contributed by atoms with Gasteiger partial charge in [0.15, 0.2) is 5.82 Å². The van der Waals surface area contributed by atoms with Gasteiger partial charge in [0.05, 0.1) is 25.1 Å². The third kappa shape index (κ3) is 5.71. The number of ether oxygens (including phenoxy) is 1. The van der Waals surface area contributed by atoms with E-state index in [9.17, 15) is 15.2 Å². The van der Waals surface area contributed by atoms with Crippen molar-refractivity contribution < 1.29 is 19.0 Å². The van der Waals surface area contributed by atoms with Crippen LogP contribution in [0.4, 0.5) is 15.0 Å². The van der Waals surface area contributed by atoms with E-state index in [1.54, 1.807) is 18.2 Å². The van der Waals surface area contributed by atoms with E-state index in [0.717, 1.165) is 43.2 Å². The number of benzene rings is 3. The summed E-state index contributed by atoms with van der Waals surface area (Å²) in [7, 11) is 0. The molecule has 4 aromatic rings. The predicted octanol–water partition coefficient (Wildman–Crippen LogP) is 6.58. The monoisotopic (exact) mass is 628 g/mol. The molecule has 11 heteroatoms. The van der Waals surface area contributed by atoms with Crippen LogP contribution in [0.1, 0.15) is 32.1 Å². The van der Waals surface area contributed by atoms with Gasteiger partial charge in [-0.25, -0.2) is 9.18 Å². The van der Waals surface area contributed by atoms with E-state index in [4.69, 9.17) is 21.3 Å². The van der Waals surface area contributed by atoms with Crippen LogP contribution in [-0.2, 0) is 0 Å². The number of likely N-dealkylation sites (tertiary alicyclic amines) is 1. The smallest absolute Gasteiger partial charge is 0.407 e. The average Bonchev–Trinajstić information content (AvgIpc) is 3.61. The molecule has 0 spiro atoms. The molecule has 0 bridgehead atoms. The van der Waals surface area contributed by atoms with E-state index in [2.05, 4.69) is 16.0 Å². The Balaban J connectivity index is 1.30. The molecule has 1 atom stereocenters. The van der Waals surface area contributed by atoms with E-state index in [1.807, 2.05) is 35.2 Å². The lowest BCUT2D eigenvalue weighted by atomic mass is 9.96. The number of aromatic nitrogens is 2. The molecule has 3 heterocycles. The fourth-order valence-electron chi connectivity index (χ4n) is 6.90. The molecule has 0 radical (unpaired) electrons. The molecule has 3 aliphatic rings. The highest BCUT2D eigenvalue weighted by molar-refractivity contribution is 6.36. The van der Waals surface area contributed by atoms with Gasteiger partial charge in [-0.2, -0.15) is 15.2 Å². The summed E-state index contributed by atoms with van der Waals surface area (Å²) in [6.07, 6.45) is 3.55. The summed E-state index contributed by atoms with van der Waals surface area (Å²) in [5.74, 6) is -0.0434. The van der Waals surface area contributed by atoms with Crippen molar-refractivity contribution in [3.63, 3.8) is 0 Å². The Bertz CT molecular complexity index is 1810. The highest BCUT2D eigenvalue weighted by Gasteiger charge is 2.45. The molecule has 232 valence electrons. The third-order valence-corrected chi connectivity index (χ3v) is 9.80. The normalized spacial score (nSPS) is 19.6. The lowest BCUT2D eigenvalue weighted by molar-refractivity contribution is 0.119. The van der Waals surface area contributed by atoms with Crippen molar-refractivity contribution in [3.05, 3.63) is 59.4 Å². The molecule has 1 amide bonds. The van der Waals surface area contributed by atoms with Crippen LogP contribution in [0.25, 0.3) is 32.8 Å². The molecule has 1 N–H and O–H groups in total. The lowest BCUT2D eigenvalue weighted by Crippen LogP contribution is -2.55. The van der Waals surface area contributed by atoms with Crippen molar-refractivity contribution in [2.75, 3.05) is 50.8 Å². The van der Waals surface area contributed by atoms with Gasteiger partial charge in [0.25, 0.3) is 0 Å². The maximum absolute atomic E-state index is 16.7. The second-order valence-corrected chi connectivity index (χ2v) is 12.9. The second-order valence-electron chi connectivity index (χ2n) is 12.5. The van der Waals surface area contributed by atoms with Crippen molar-refractivity contribution in [3.8, 4) is 23.2 Å². The van der Waals surface area contributed by atoms with Gasteiger partial charge in [-0.05, 0) is 61.9 Å². The summed E-state index contributed by atoms with van der Waals surface area (Å²) in [6, 6.07) is 16.5. The minimum absolute atomic E-state index is 0.0363. The van der Waals surface area contributed by atoms with Crippen LogP contribution in [-0.4, -0.2) is 82.9 Å². The van der Waals surface area contributed by atoms with E-state index < -0.39 is 18.0 Å². The van der Waals surface area contributed by atoms with Gasteiger partial charge in [-0.3, -0.25) is 0 Å². The largest absolute Gasteiger partial charge is 0.465 e. The molecular weight excluding hydrogens is 595 g/mol. The predicted molar refractivity (Wildman–Crippen MR) is 171 cm³/mol.